The van der Waals surface area contributed by atoms with Crippen LogP contribution < -0.4 is 14.8 Å². The molecule has 0 aromatic heterocycles. The summed E-state index contributed by atoms with van der Waals surface area (Å²) in [5, 5.41) is 3.05. The first-order valence-electron chi connectivity index (χ1n) is 9.13. The standard InChI is InChI=1S/C21H24N2O4S/c1-26-16-11-14(12-17(13-16)27-2)21(25)23-9-7-15(8-10-23)22-20(24)18-5-3-4-6-19(18)28/h3-6,11-13,15,28H,7-10H2,1-2H3,(H,22,24). The van der Waals surface area contributed by atoms with Gasteiger partial charge in [-0.3, -0.25) is 9.59 Å². The fraction of sp³-hybridized carbons (Fsp3) is 0.333. The van der Waals surface area contributed by atoms with Crippen molar-refractivity contribution in [3.8, 4) is 11.5 Å². The van der Waals surface area contributed by atoms with Gasteiger partial charge < -0.3 is 19.7 Å². The molecule has 28 heavy (non-hydrogen) atoms. The van der Waals surface area contributed by atoms with E-state index < -0.39 is 0 Å². The molecule has 0 radical (unpaired) electrons. The smallest absolute Gasteiger partial charge is 0.254 e. The second-order valence-electron chi connectivity index (χ2n) is 6.66. The van der Waals surface area contributed by atoms with Crippen molar-refractivity contribution in [1.29, 1.82) is 0 Å². The van der Waals surface area contributed by atoms with E-state index in [1.165, 1.54) is 0 Å². The molecule has 1 aliphatic heterocycles. The predicted molar refractivity (Wildman–Crippen MR) is 110 cm³/mol. The van der Waals surface area contributed by atoms with Crippen LogP contribution in [0.25, 0.3) is 0 Å². The van der Waals surface area contributed by atoms with Crippen molar-refractivity contribution in [2.45, 2.75) is 23.8 Å². The highest BCUT2D eigenvalue weighted by Gasteiger charge is 2.25. The fourth-order valence-electron chi connectivity index (χ4n) is 3.27. The number of hydrogen-bond donors (Lipinski definition) is 2. The summed E-state index contributed by atoms with van der Waals surface area (Å²) in [4.78, 5) is 27.7. The van der Waals surface area contributed by atoms with Gasteiger partial charge in [0.2, 0.25) is 0 Å². The Labute approximate surface area is 170 Å². The van der Waals surface area contributed by atoms with Crippen molar-refractivity contribution >= 4 is 24.4 Å². The van der Waals surface area contributed by atoms with Crippen molar-refractivity contribution in [1.82, 2.24) is 10.2 Å². The van der Waals surface area contributed by atoms with Crippen molar-refractivity contribution < 1.29 is 19.1 Å². The Morgan fingerprint density at radius 1 is 1.04 bits per heavy atom. The lowest BCUT2D eigenvalue weighted by atomic mass is 10.0. The molecule has 0 aliphatic carbocycles. The van der Waals surface area contributed by atoms with E-state index in [1.807, 2.05) is 12.1 Å². The average molecular weight is 401 g/mol. The highest BCUT2D eigenvalue weighted by atomic mass is 32.1. The normalized spacial score (nSPS) is 14.5. The molecular formula is C21H24N2O4S. The summed E-state index contributed by atoms with van der Waals surface area (Å²) in [6.45, 7) is 1.15. The number of benzene rings is 2. The molecule has 3 rings (SSSR count). The Morgan fingerprint density at radius 2 is 1.64 bits per heavy atom. The number of thiol groups is 1. The van der Waals surface area contributed by atoms with Gasteiger partial charge >= 0.3 is 0 Å². The maximum atomic E-state index is 12.8. The maximum Gasteiger partial charge on any atom is 0.254 e. The van der Waals surface area contributed by atoms with Gasteiger partial charge in [0.05, 0.1) is 19.8 Å². The van der Waals surface area contributed by atoms with Gasteiger partial charge in [-0.15, -0.1) is 12.6 Å². The van der Waals surface area contributed by atoms with Crippen LogP contribution >= 0.6 is 12.6 Å². The predicted octanol–water partition coefficient (Wildman–Crippen LogP) is 3.03. The Bertz CT molecular complexity index is 841. The Balaban J connectivity index is 1.60. The van der Waals surface area contributed by atoms with E-state index in [9.17, 15) is 9.59 Å². The van der Waals surface area contributed by atoms with Crippen LogP contribution in [0.2, 0.25) is 0 Å². The molecule has 2 amide bonds. The molecule has 1 aliphatic rings. The molecule has 1 fully saturated rings. The van der Waals surface area contributed by atoms with E-state index in [4.69, 9.17) is 9.47 Å². The van der Waals surface area contributed by atoms with Crippen LogP contribution in [-0.2, 0) is 0 Å². The Kier molecular flexibility index (Phi) is 6.46. The molecule has 0 spiro atoms. The van der Waals surface area contributed by atoms with Crippen molar-refractivity contribution in [3.63, 3.8) is 0 Å². The summed E-state index contributed by atoms with van der Waals surface area (Å²) in [5.74, 6) is 0.959. The van der Waals surface area contributed by atoms with Gasteiger partial charge in [-0.05, 0) is 37.1 Å². The fourth-order valence-corrected chi connectivity index (χ4v) is 3.53. The number of carbonyl (C=O) groups excluding carboxylic acids is 2. The minimum Gasteiger partial charge on any atom is -0.497 e. The molecule has 1 N–H and O–H groups in total. The van der Waals surface area contributed by atoms with Crippen LogP contribution in [0.15, 0.2) is 47.4 Å². The summed E-state index contributed by atoms with van der Waals surface area (Å²) < 4.78 is 10.5. The minimum atomic E-state index is -0.132. The van der Waals surface area contributed by atoms with Gasteiger partial charge in [-0.25, -0.2) is 0 Å². The number of rotatable bonds is 5. The van der Waals surface area contributed by atoms with Crippen LogP contribution in [0.4, 0.5) is 0 Å². The molecule has 6 nitrogen and oxygen atoms in total. The van der Waals surface area contributed by atoms with Gasteiger partial charge in [0.1, 0.15) is 11.5 Å². The summed E-state index contributed by atoms with van der Waals surface area (Å²) in [6, 6.07) is 12.4. The second kappa shape index (κ2) is 9.01. The largest absolute Gasteiger partial charge is 0.497 e. The van der Waals surface area contributed by atoms with Gasteiger partial charge in [-0.1, -0.05) is 12.1 Å². The zero-order valence-corrected chi connectivity index (χ0v) is 16.9. The lowest BCUT2D eigenvalue weighted by molar-refractivity contribution is 0.0697. The quantitative estimate of drug-likeness (QED) is 0.757. The molecule has 0 unspecified atom stereocenters. The molecule has 1 heterocycles. The number of hydrogen-bond acceptors (Lipinski definition) is 5. The van der Waals surface area contributed by atoms with Crippen LogP contribution in [0.5, 0.6) is 11.5 Å². The third kappa shape index (κ3) is 4.59. The number of nitrogens with one attached hydrogen (secondary N) is 1. The topological polar surface area (TPSA) is 67.9 Å². The van der Waals surface area contributed by atoms with Gasteiger partial charge in [0.15, 0.2) is 0 Å². The highest BCUT2D eigenvalue weighted by Crippen LogP contribution is 2.24. The monoisotopic (exact) mass is 400 g/mol. The lowest BCUT2D eigenvalue weighted by Crippen LogP contribution is -2.46. The third-order valence-electron chi connectivity index (χ3n) is 4.86. The van der Waals surface area contributed by atoms with Gasteiger partial charge in [0.25, 0.3) is 11.8 Å². The van der Waals surface area contributed by atoms with Crippen molar-refractivity contribution in [3.05, 3.63) is 53.6 Å². The lowest BCUT2D eigenvalue weighted by Gasteiger charge is -2.32. The molecular weight excluding hydrogens is 376 g/mol. The second-order valence-corrected chi connectivity index (χ2v) is 7.14. The number of nitrogens with zero attached hydrogens (tertiary/aromatic N) is 1. The van der Waals surface area contributed by atoms with E-state index in [1.54, 1.807) is 49.5 Å². The zero-order chi connectivity index (χ0) is 20.1. The Hall–Kier alpha value is -2.67. The number of amides is 2. The van der Waals surface area contributed by atoms with Gasteiger partial charge in [-0.2, -0.15) is 0 Å². The maximum absolute atomic E-state index is 12.8. The average Bonchev–Trinajstić information content (AvgIpc) is 2.73. The summed E-state index contributed by atoms with van der Waals surface area (Å²) in [7, 11) is 3.11. The molecule has 0 atom stereocenters. The van der Waals surface area contributed by atoms with Crippen LogP contribution in [0.1, 0.15) is 33.6 Å². The zero-order valence-electron chi connectivity index (χ0n) is 16.0. The number of methoxy groups -OCH3 is 2. The summed E-state index contributed by atoms with van der Waals surface area (Å²) in [5.41, 5.74) is 1.09. The van der Waals surface area contributed by atoms with Crippen molar-refractivity contribution in [2.75, 3.05) is 27.3 Å². The number of ether oxygens (including phenoxy) is 2. The molecule has 2 aromatic rings. The highest BCUT2D eigenvalue weighted by molar-refractivity contribution is 7.80. The third-order valence-corrected chi connectivity index (χ3v) is 5.25. The molecule has 1 saturated heterocycles. The number of carbonyl (C=O) groups is 2. The van der Waals surface area contributed by atoms with E-state index in [-0.39, 0.29) is 17.9 Å². The van der Waals surface area contributed by atoms with Crippen LogP contribution in [0, 0.1) is 0 Å². The van der Waals surface area contributed by atoms with Crippen molar-refractivity contribution in [2.24, 2.45) is 0 Å². The molecule has 148 valence electrons. The van der Waals surface area contributed by atoms with E-state index in [0.29, 0.717) is 53.5 Å². The first kappa shape index (κ1) is 20.1. The molecule has 7 heteroatoms. The first-order chi connectivity index (χ1) is 13.5. The van der Waals surface area contributed by atoms with E-state index in [0.717, 1.165) is 0 Å². The SMILES string of the molecule is COc1cc(OC)cc(C(=O)N2CCC(NC(=O)c3ccccc3S)CC2)c1. The van der Waals surface area contributed by atoms with Gasteiger partial charge in [0, 0.05) is 35.7 Å². The van der Waals surface area contributed by atoms with Crippen LogP contribution in [0.3, 0.4) is 0 Å². The first-order valence-corrected chi connectivity index (χ1v) is 9.57. The van der Waals surface area contributed by atoms with E-state index >= 15 is 0 Å². The molecule has 2 aromatic carbocycles. The summed E-state index contributed by atoms with van der Waals surface area (Å²) >= 11 is 4.33. The Morgan fingerprint density at radius 3 is 2.21 bits per heavy atom. The molecule has 0 bridgehead atoms. The minimum absolute atomic E-state index is 0.0318. The van der Waals surface area contributed by atoms with E-state index in [2.05, 4.69) is 17.9 Å². The summed E-state index contributed by atoms with van der Waals surface area (Å²) in [6.07, 6.45) is 1.40. The number of likely N-dealkylation sites (tertiary alicyclic amines) is 1. The molecule has 0 saturated carbocycles. The van der Waals surface area contributed by atoms with Crippen LogP contribution in [-0.4, -0.2) is 50.1 Å². The number of piperidine rings is 1.